The number of carbonyl (C=O) groups is 1. The maximum absolute atomic E-state index is 15.7. The van der Waals surface area contributed by atoms with Gasteiger partial charge < -0.3 is 28.6 Å². The molecule has 2 aliphatic rings. The number of carboxylic acid groups (broad SMARTS) is 1. The van der Waals surface area contributed by atoms with Crippen LogP contribution >= 0.6 is 0 Å². The Morgan fingerprint density at radius 1 is 1.12 bits per heavy atom. The van der Waals surface area contributed by atoms with E-state index >= 15 is 4.39 Å². The number of rotatable bonds is 9. The molecule has 0 bridgehead atoms. The van der Waals surface area contributed by atoms with E-state index in [-0.39, 0.29) is 22.9 Å². The summed E-state index contributed by atoms with van der Waals surface area (Å²) in [5.74, 6) is -1.81. The van der Waals surface area contributed by atoms with Crippen LogP contribution in [0.15, 0.2) is 61.8 Å². The minimum Gasteiger partial charge on any atom is -0.492 e. The number of anilines is 1. The summed E-state index contributed by atoms with van der Waals surface area (Å²) in [7, 11) is 1.42. The van der Waals surface area contributed by atoms with Crippen LogP contribution < -0.4 is 20.7 Å². The molecule has 1 aliphatic heterocycles. The van der Waals surface area contributed by atoms with Crippen molar-refractivity contribution in [3.63, 3.8) is 0 Å². The number of nitrogens with zero attached hydrogens (tertiary/aromatic N) is 4. The van der Waals surface area contributed by atoms with Crippen LogP contribution in [0, 0.1) is 5.82 Å². The van der Waals surface area contributed by atoms with Crippen LogP contribution in [0.3, 0.4) is 0 Å². The largest absolute Gasteiger partial charge is 0.492 e. The first-order chi connectivity index (χ1) is 20.8. The summed E-state index contributed by atoms with van der Waals surface area (Å²) in [6.07, 6.45) is 2.99. The Kier molecular flexibility index (Phi) is 7.61. The molecule has 2 fully saturated rings. The van der Waals surface area contributed by atoms with E-state index in [1.807, 2.05) is 17.0 Å². The Morgan fingerprint density at radius 2 is 1.86 bits per heavy atom. The van der Waals surface area contributed by atoms with Crippen LogP contribution in [0.2, 0.25) is 0 Å². The summed E-state index contributed by atoms with van der Waals surface area (Å²) in [6.45, 7) is 4.32. The van der Waals surface area contributed by atoms with Gasteiger partial charge in [-0.05, 0) is 38.0 Å². The number of fused-ring (bicyclic) bond motifs is 2. The smallest absolute Gasteiger partial charge is 0.345 e. The minimum atomic E-state index is -1.35. The Balaban J connectivity index is 1.29. The molecule has 12 heteroatoms. The van der Waals surface area contributed by atoms with Crippen LogP contribution in [-0.4, -0.2) is 72.7 Å². The zero-order valence-corrected chi connectivity index (χ0v) is 23.8. The van der Waals surface area contributed by atoms with Crippen molar-refractivity contribution in [3.05, 3.63) is 80.2 Å². The SMILES string of the molecule is CCO/N=C(/CN1CCN(c2c(F)cc3c(=O)c(C(=O)O)cn(C4CC4)c3c2OC)CC1)c1cc2ccccc2oc1=O. The average molecular weight is 591 g/mol. The number of methoxy groups -OCH3 is 1. The normalized spacial score (nSPS) is 16.2. The highest BCUT2D eigenvalue weighted by Crippen LogP contribution is 2.43. The summed E-state index contributed by atoms with van der Waals surface area (Å²) in [4.78, 5) is 46.9. The van der Waals surface area contributed by atoms with Crippen molar-refractivity contribution in [3.8, 4) is 5.75 Å². The van der Waals surface area contributed by atoms with Gasteiger partial charge in [0.25, 0.3) is 0 Å². The van der Waals surface area contributed by atoms with E-state index < -0.39 is 28.4 Å². The average Bonchev–Trinajstić information content (AvgIpc) is 3.85. The summed E-state index contributed by atoms with van der Waals surface area (Å²) in [6, 6.07) is 10.1. The second-order valence-electron chi connectivity index (χ2n) is 10.7. The number of hydrogen-bond donors (Lipinski definition) is 1. The third-order valence-electron chi connectivity index (χ3n) is 7.89. The molecule has 0 spiro atoms. The topological polar surface area (TPSA) is 127 Å². The molecule has 4 aromatic rings. The molecule has 43 heavy (non-hydrogen) atoms. The van der Waals surface area contributed by atoms with Crippen LogP contribution in [0.25, 0.3) is 21.9 Å². The third kappa shape index (κ3) is 5.34. The van der Waals surface area contributed by atoms with Crippen molar-refractivity contribution in [2.75, 3.05) is 51.3 Å². The number of carboxylic acids is 1. The van der Waals surface area contributed by atoms with Gasteiger partial charge in [-0.1, -0.05) is 23.4 Å². The van der Waals surface area contributed by atoms with E-state index in [2.05, 4.69) is 10.1 Å². The van der Waals surface area contributed by atoms with E-state index in [4.69, 9.17) is 14.0 Å². The molecule has 1 saturated heterocycles. The summed E-state index contributed by atoms with van der Waals surface area (Å²) >= 11 is 0. The van der Waals surface area contributed by atoms with Crippen molar-refractivity contribution in [1.29, 1.82) is 0 Å². The number of piperazine rings is 1. The fourth-order valence-electron chi connectivity index (χ4n) is 5.63. The van der Waals surface area contributed by atoms with Gasteiger partial charge >= 0.3 is 11.6 Å². The lowest BCUT2D eigenvalue weighted by Gasteiger charge is -2.37. The number of oxime groups is 1. The van der Waals surface area contributed by atoms with E-state index in [0.717, 1.165) is 24.3 Å². The molecule has 3 heterocycles. The second kappa shape index (κ2) is 11.5. The quantitative estimate of drug-likeness (QED) is 0.176. The van der Waals surface area contributed by atoms with Gasteiger partial charge in [-0.15, -0.1) is 0 Å². The van der Waals surface area contributed by atoms with E-state index in [1.165, 1.54) is 13.3 Å². The molecule has 1 N–H and O–H groups in total. The highest BCUT2D eigenvalue weighted by molar-refractivity contribution is 6.03. The number of benzene rings is 2. The Bertz CT molecular complexity index is 1870. The Hall–Kier alpha value is -4.71. The predicted octanol–water partition coefficient (Wildman–Crippen LogP) is 3.85. The number of ether oxygens (including phenoxy) is 1. The van der Waals surface area contributed by atoms with E-state index in [0.29, 0.717) is 61.7 Å². The maximum atomic E-state index is 15.7. The summed E-state index contributed by atoms with van der Waals surface area (Å²) < 4.78 is 28.7. The second-order valence-corrected chi connectivity index (χ2v) is 10.7. The van der Waals surface area contributed by atoms with Crippen molar-refractivity contribution in [2.24, 2.45) is 5.16 Å². The lowest BCUT2D eigenvalue weighted by atomic mass is 10.1. The van der Waals surface area contributed by atoms with Gasteiger partial charge in [0.2, 0.25) is 5.43 Å². The molecule has 0 atom stereocenters. The van der Waals surface area contributed by atoms with Crippen molar-refractivity contribution >= 4 is 39.2 Å². The highest BCUT2D eigenvalue weighted by atomic mass is 19.1. The van der Waals surface area contributed by atoms with Gasteiger partial charge in [-0.25, -0.2) is 14.0 Å². The zero-order chi connectivity index (χ0) is 30.2. The molecule has 1 saturated carbocycles. The molecule has 0 amide bonds. The Morgan fingerprint density at radius 3 is 2.53 bits per heavy atom. The molecule has 2 aromatic carbocycles. The van der Waals surface area contributed by atoms with Crippen LogP contribution in [0.1, 0.15) is 41.7 Å². The third-order valence-corrected chi connectivity index (χ3v) is 7.89. The zero-order valence-electron chi connectivity index (χ0n) is 23.8. The molecule has 1 aliphatic carbocycles. The first-order valence-electron chi connectivity index (χ1n) is 14.2. The lowest BCUT2D eigenvalue weighted by molar-refractivity contribution is 0.0694. The fraction of sp³-hybridized carbons (Fsp3) is 0.355. The number of pyridine rings is 1. The van der Waals surface area contributed by atoms with Gasteiger partial charge in [-0.2, -0.15) is 0 Å². The van der Waals surface area contributed by atoms with Gasteiger partial charge in [0.1, 0.15) is 29.2 Å². The number of hydrogen-bond acceptors (Lipinski definition) is 9. The van der Waals surface area contributed by atoms with Gasteiger partial charge in [0, 0.05) is 50.3 Å². The van der Waals surface area contributed by atoms with Crippen LogP contribution in [-0.2, 0) is 4.84 Å². The lowest BCUT2D eigenvalue weighted by Crippen LogP contribution is -2.48. The predicted molar refractivity (Wildman–Crippen MR) is 159 cm³/mol. The van der Waals surface area contributed by atoms with Crippen molar-refractivity contribution in [2.45, 2.75) is 25.8 Å². The van der Waals surface area contributed by atoms with Crippen molar-refractivity contribution < 1.29 is 28.3 Å². The number of aromatic carboxylic acids is 1. The summed E-state index contributed by atoms with van der Waals surface area (Å²) in [5, 5.41) is 14.6. The minimum absolute atomic E-state index is 0.0149. The molecule has 224 valence electrons. The maximum Gasteiger partial charge on any atom is 0.345 e. The number of halogens is 1. The molecular weight excluding hydrogens is 559 g/mol. The van der Waals surface area contributed by atoms with Gasteiger partial charge in [0.15, 0.2) is 11.6 Å². The Labute approximate surface area is 245 Å². The van der Waals surface area contributed by atoms with Crippen LogP contribution in [0.5, 0.6) is 5.75 Å². The number of aromatic nitrogens is 1. The van der Waals surface area contributed by atoms with Gasteiger partial charge in [-0.3, -0.25) is 9.69 Å². The van der Waals surface area contributed by atoms with E-state index in [9.17, 15) is 19.5 Å². The molecule has 2 aromatic heterocycles. The monoisotopic (exact) mass is 590 g/mol. The molecule has 0 unspecified atom stereocenters. The van der Waals surface area contributed by atoms with Gasteiger partial charge in [0.05, 0.1) is 23.6 Å². The standard InChI is InChI=1S/C31H31FN4O7/c1-3-42-33-24(20-14-18-6-4-5-7-25(18)43-31(20)40)17-34-10-12-35(13-11-34)27-23(32)15-21-26(29(27)41-2)36(19-8-9-19)16-22(28(21)37)30(38)39/h4-7,14-16,19H,3,8-13,17H2,1-2H3,(H,38,39)/b33-24-. The van der Waals surface area contributed by atoms with Crippen LogP contribution in [0.4, 0.5) is 10.1 Å². The molecular formula is C31H31FN4O7. The molecule has 0 radical (unpaired) electrons. The first-order valence-corrected chi connectivity index (χ1v) is 14.2. The highest BCUT2D eigenvalue weighted by Gasteiger charge is 2.32. The fourth-order valence-corrected chi connectivity index (χ4v) is 5.63. The molecule has 6 rings (SSSR count). The summed E-state index contributed by atoms with van der Waals surface area (Å²) in [5.41, 5.74) is 0.213. The number of para-hydroxylation sites is 1. The van der Waals surface area contributed by atoms with Crippen molar-refractivity contribution in [1.82, 2.24) is 9.47 Å². The van der Waals surface area contributed by atoms with E-state index in [1.54, 1.807) is 29.7 Å². The molecule has 11 nitrogen and oxygen atoms in total. The first kappa shape index (κ1) is 28.4.